The largest absolute Gasteiger partial charge is 0.312 e. The molecule has 0 aliphatic rings. The van der Waals surface area contributed by atoms with Crippen molar-refractivity contribution in [1.29, 1.82) is 0 Å². The van der Waals surface area contributed by atoms with Gasteiger partial charge in [-0.25, -0.2) is 0 Å². The summed E-state index contributed by atoms with van der Waals surface area (Å²) in [7, 11) is 0. The fourth-order valence-electron chi connectivity index (χ4n) is 2.65. The molecule has 0 atom stereocenters. The highest BCUT2D eigenvalue weighted by Gasteiger charge is 2.16. The molecule has 2 aromatic heterocycles. The van der Waals surface area contributed by atoms with E-state index in [1.165, 1.54) is 15.3 Å². The molecule has 0 fully saturated rings. The summed E-state index contributed by atoms with van der Waals surface area (Å²) in [5.74, 6) is 2.24. The average Bonchev–Trinajstić information content (AvgIpc) is 3.03. The van der Waals surface area contributed by atoms with Crippen molar-refractivity contribution in [1.82, 2.24) is 5.32 Å². The van der Waals surface area contributed by atoms with Crippen LogP contribution < -0.4 is 5.32 Å². The van der Waals surface area contributed by atoms with Gasteiger partial charge in [0, 0.05) is 21.9 Å². The molecule has 0 unspecified atom stereocenters. The van der Waals surface area contributed by atoms with Crippen LogP contribution in [-0.2, 0) is 6.54 Å². The number of hydrogen-bond acceptors (Lipinski definition) is 3. The first kappa shape index (κ1) is 15.7. The molecule has 0 bridgehead atoms. The van der Waals surface area contributed by atoms with Gasteiger partial charge in [-0.05, 0) is 47.2 Å². The maximum Gasteiger partial charge on any atom is 0.0351 e. The quantitative estimate of drug-likeness (QED) is 0.712. The Balaban J connectivity index is 1.86. The van der Waals surface area contributed by atoms with Gasteiger partial charge in [-0.15, -0.1) is 22.7 Å². The molecule has 2 aromatic rings. The van der Waals surface area contributed by atoms with E-state index in [0.29, 0.717) is 0 Å². The van der Waals surface area contributed by atoms with Crippen molar-refractivity contribution in [3.63, 3.8) is 0 Å². The van der Waals surface area contributed by atoms with Gasteiger partial charge in [0.25, 0.3) is 0 Å². The summed E-state index contributed by atoms with van der Waals surface area (Å²) in [4.78, 5) is 2.80. The van der Waals surface area contributed by atoms with Crippen LogP contribution in [0.25, 0.3) is 10.4 Å². The zero-order valence-corrected chi connectivity index (χ0v) is 14.5. The van der Waals surface area contributed by atoms with Gasteiger partial charge in [-0.2, -0.15) is 0 Å². The zero-order chi connectivity index (χ0) is 14.5. The lowest BCUT2D eigenvalue weighted by Crippen LogP contribution is -2.29. The predicted molar refractivity (Wildman–Crippen MR) is 92.5 cm³/mol. The minimum atomic E-state index is 0.743. The maximum atomic E-state index is 3.64. The second-order valence-corrected chi connectivity index (χ2v) is 8.01. The standard InChI is InChI=1S/C17H25NS2/c1-12(2)16(13(3)4)10-18-9-15-8-14(11-20-15)17-6-5-7-19-17/h5-8,11-13,16,18H,9-10H2,1-4H3. The minimum absolute atomic E-state index is 0.743. The molecule has 0 aliphatic carbocycles. The van der Waals surface area contributed by atoms with E-state index in [2.05, 4.69) is 62.0 Å². The predicted octanol–water partition coefficient (Wildman–Crippen LogP) is 5.49. The first-order valence-electron chi connectivity index (χ1n) is 7.40. The Bertz CT molecular complexity index is 489. The Labute approximate surface area is 131 Å². The molecule has 0 saturated carbocycles. The number of nitrogens with one attached hydrogen (secondary N) is 1. The lowest BCUT2D eigenvalue weighted by molar-refractivity contribution is 0.276. The summed E-state index contributed by atoms with van der Waals surface area (Å²) in [6, 6.07) is 6.63. The van der Waals surface area contributed by atoms with Crippen molar-refractivity contribution < 1.29 is 0 Å². The van der Waals surface area contributed by atoms with Crippen LogP contribution in [0.4, 0.5) is 0 Å². The normalized spacial score (nSPS) is 11.9. The van der Waals surface area contributed by atoms with Gasteiger partial charge in [-0.3, -0.25) is 0 Å². The molecular weight excluding hydrogens is 282 g/mol. The van der Waals surface area contributed by atoms with Gasteiger partial charge in [0.05, 0.1) is 0 Å². The summed E-state index contributed by atoms with van der Waals surface area (Å²) < 4.78 is 0. The van der Waals surface area contributed by atoms with E-state index in [1.54, 1.807) is 0 Å². The van der Waals surface area contributed by atoms with Crippen LogP contribution in [0.3, 0.4) is 0 Å². The number of thiophene rings is 2. The third-order valence-corrected chi connectivity index (χ3v) is 5.71. The number of rotatable bonds is 7. The fourth-order valence-corrected chi connectivity index (χ4v) is 4.29. The Hall–Kier alpha value is -0.640. The SMILES string of the molecule is CC(C)C(CNCc1cc(-c2cccs2)cs1)C(C)C. The van der Waals surface area contributed by atoms with E-state index >= 15 is 0 Å². The van der Waals surface area contributed by atoms with E-state index in [0.717, 1.165) is 30.8 Å². The molecule has 0 saturated heterocycles. The van der Waals surface area contributed by atoms with Gasteiger partial charge in [0.1, 0.15) is 0 Å². The van der Waals surface area contributed by atoms with Gasteiger partial charge >= 0.3 is 0 Å². The van der Waals surface area contributed by atoms with Gasteiger partial charge in [-0.1, -0.05) is 33.8 Å². The minimum Gasteiger partial charge on any atom is -0.312 e. The summed E-state index contributed by atoms with van der Waals surface area (Å²) >= 11 is 3.67. The van der Waals surface area contributed by atoms with E-state index in [-0.39, 0.29) is 0 Å². The van der Waals surface area contributed by atoms with Crippen molar-refractivity contribution in [3.8, 4) is 10.4 Å². The molecule has 1 N–H and O–H groups in total. The van der Waals surface area contributed by atoms with Crippen LogP contribution in [0.15, 0.2) is 29.0 Å². The molecule has 0 radical (unpaired) electrons. The van der Waals surface area contributed by atoms with Gasteiger partial charge in [0.15, 0.2) is 0 Å². The highest BCUT2D eigenvalue weighted by atomic mass is 32.1. The Morgan fingerprint density at radius 2 is 1.85 bits per heavy atom. The van der Waals surface area contributed by atoms with E-state index < -0.39 is 0 Å². The van der Waals surface area contributed by atoms with Crippen LogP contribution in [0.1, 0.15) is 32.6 Å². The summed E-state index contributed by atoms with van der Waals surface area (Å²) in [6.45, 7) is 11.4. The molecule has 0 spiro atoms. The van der Waals surface area contributed by atoms with Crippen molar-refractivity contribution in [3.05, 3.63) is 33.8 Å². The van der Waals surface area contributed by atoms with E-state index in [4.69, 9.17) is 0 Å². The van der Waals surface area contributed by atoms with Crippen molar-refractivity contribution >= 4 is 22.7 Å². The van der Waals surface area contributed by atoms with Crippen LogP contribution in [-0.4, -0.2) is 6.54 Å². The molecule has 1 nitrogen and oxygen atoms in total. The third kappa shape index (κ3) is 4.18. The molecule has 20 heavy (non-hydrogen) atoms. The molecule has 2 heterocycles. The third-order valence-electron chi connectivity index (χ3n) is 3.85. The van der Waals surface area contributed by atoms with Gasteiger partial charge in [0.2, 0.25) is 0 Å². The lowest BCUT2D eigenvalue weighted by atomic mass is 9.85. The molecule has 0 amide bonds. The molecule has 0 aromatic carbocycles. The molecule has 3 heteroatoms. The Morgan fingerprint density at radius 1 is 1.10 bits per heavy atom. The smallest absolute Gasteiger partial charge is 0.0351 e. The van der Waals surface area contributed by atoms with Gasteiger partial charge < -0.3 is 5.32 Å². The topological polar surface area (TPSA) is 12.0 Å². The fraction of sp³-hybridized carbons (Fsp3) is 0.529. The summed E-state index contributed by atoms with van der Waals surface area (Å²) in [6.07, 6.45) is 0. The molecule has 0 aliphatic heterocycles. The van der Waals surface area contributed by atoms with Crippen LogP contribution >= 0.6 is 22.7 Å². The van der Waals surface area contributed by atoms with E-state index in [1.807, 2.05) is 22.7 Å². The van der Waals surface area contributed by atoms with Crippen molar-refractivity contribution in [2.75, 3.05) is 6.54 Å². The monoisotopic (exact) mass is 307 g/mol. The van der Waals surface area contributed by atoms with E-state index in [9.17, 15) is 0 Å². The zero-order valence-electron chi connectivity index (χ0n) is 12.8. The van der Waals surface area contributed by atoms with Crippen molar-refractivity contribution in [2.24, 2.45) is 17.8 Å². The molecule has 2 rings (SSSR count). The highest BCUT2D eigenvalue weighted by molar-refractivity contribution is 7.14. The molecular formula is C17H25NS2. The van der Waals surface area contributed by atoms with Crippen LogP contribution in [0.2, 0.25) is 0 Å². The molecule has 110 valence electrons. The number of hydrogen-bond donors (Lipinski definition) is 1. The Kier molecular flexibility index (Phi) is 5.82. The van der Waals surface area contributed by atoms with Crippen LogP contribution in [0, 0.1) is 17.8 Å². The second-order valence-electron chi connectivity index (χ2n) is 6.06. The first-order chi connectivity index (χ1) is 9.58. The van der Waals surface area contributed by atoms with Crippen LogP contribution in [0.5, 0.6) is 0 Å². The second kappa shape index (κ2) is 7.39. The highest BCUT2D eigenvalue weighted by Crippen LogP contribution is 2.29. The summed E-state index contributed by atoms with van der Waals surface area (Å²) in [5, 5.41) is 8.05. The first-order valence-corrected chi connectivity index (χ1v) is 9.16. The van der Waals surface area contributed by atoms with Crippen molar-refractivity contribution in [2.45, 2.75) is 34.2 Å². The summed E-state index contributed by atoms with van der Waals surface area (Å²) in [5.41, 5.74) is 1.37. The lowest BCUT2D eigenvalue weighted by Gasteiger charge is -2.25. The average molecular weight is 308 g/mol. The Morgan fingerprint density at radius 3 is 2.45 bits per heavy atom. The maximum absolute atomic E-state index is 3.64.